The summed E-state index contributed by atoms with van der Waals surface area (Å²) in [5, 5.41) is 19.3. The SMILES string of the molecule is C.CC1(C)c2ccccc2-c2cc3c(cc21)c1ccccc1n3-c1nc(-c2cccc(-c3ccccc3)c2)nc(-c2cccc3sc4ccccc4c23)n1.c1ccc(-c2nc(-c3ccc4c(c3)sc3ccccc34)nc(-n3c4ccccc4c4cc5sc6ccccc6c5cc43)n2)cc1.c1ccc(-c2nc(-c3ccc4sc5ccccc5c4c3)nc(-n3c4ccccc4c4cc5c(cc43)c3ccccc3n5-c3ccccc3)n2)cc1. The maximum absolute atomic E-state index is 5.40. The van der Waals surface area contributed by atoms with Gasteiger partial charge in [-0.15, -0.1) is 45.3 Å². The van der Waals surface area contributed by atoms with Gasteiger partial charge in [-0.05, 0) is 167 Å². The Kier molecular flexibility index (Phi) is 20.6. The lowest BCUT2D eigenvalue weighted by molar-refractivity contribution is 0.661. The van der Waals surface area contributed by atoms with Crippen molar-refractivity contribution >= 4 is 213 Å². The summed E-state index contributed by atoms with van der Waals surface area (Å²) in [7, 11) is 0. The standard InChI is InChI=1S/C48H32N4S.C45H27N5S.C39H22N4S2.CH4/c1-48(2)38-22-9-6-18-32(38)36-28-41-37(27-39(36)48)33-19-7-10-23-40(33)52(41)47-50-45(31-17-12-16-30(26-31)29-14-4-3-5-15-29)49-46(51-47)35-21-13-25-43-44(35)34-20-8-11-24-42(34)53-43;1-3-13-28(14-4-1)43-46-44(29-23-24-42-36(25-29)33-19-9-12-22-41(33)51-42)48-45(47-43)50-38-21-11-8-18-32(38)35-26-39-34(27-40(35)50)31-17-7-10-20-37(31)49(39)30-15-5-2-6-16-30;1-2-10-23(11-3-1)37-40-38(24-18-19-28-26-13-5-8-16-33(26)44-35(28)20-24)42-39(41-37)43-31-15-7-4-12-25(31)29-22-36-30(21-32(29)43)27-14-6-9-17-34(27)45-36;/h3-28H,1-2H3;1-27H;1-22H;1H4. The molecule has 0 amide bonds. The molecule has 32 rings (SSSR count). The summed E-state index contributed by atoms with van der Waals surface area (Å²) in [5.41, 5.74) is 23.1. The number of thiophene rings is 4. The molecule has 0 aliphatic heterocycles. The number of hydrogen-bond acceptors (Lipinski definition) is 13. The van der Waals surface area contributed by atoms with Gasteiger partial charge in [-0.25, -0.2) is 15.0 Å². The summed E-state index contributed by atoms with van der Waals surface area (Å²) in [6.45, 7) is 4.68. The Balaban J connectivity index is 0.000000106. The lowest BCUT2D eigenvalue weighted by atomic mass is 9.82. The van der Waals surface area contributed by atoms with Gasteiger partial charge in [-0.2, -0.15) is 29.9 Å². The van der Waals surface area contributed by atoms with Gasteiger partial charge in [0.1, 0.15) is 0 Å². The van der Waals surface area contributed by atoms with Crippen LogP contribution in [0.2, 0.25) is 0 Å². The molecule has 0 saturated carbocycles. The lowest BCUT2D eigenvalue weighted by Gasteiger charge is -2.21. The first-order valence-corrected chi connectivity index (χ1v) is 53.2. The van der Waals surface area contributed by atoms with E-state index in [1.54, 1.807) is 22.7 Å². The number of rotatable bonds is 11. The molecule has 0 bridgehead atoms. The molecular formula is C133H85N13S4. The highest BCUT2D eigenvalue weighted by Crippen LogP contribution is 2.53. The highest BCUT2D eigenvalue weighted by atomic mass is 32.1. The average molecular weight is 1990 g/mol. The van der Waals surface area contributed by atoms with E-state index in [-0.39, 0.29) is 12.8 Å². The summed E-state index contributed by atoms with van der Waals surface area (Å²) >= 11 is 7.26. The van der Waals surface area contributed by atoms with Crippen molar-refractivity contribution in [1.82, 2.24) is 63.1 Å². The molecule has 1 aliphatic rings. The second-order valence-electron chi connectivity index (χ2n) is 38.6. The minimum absolute atomic E-state index is 0. The van der Waals surface area contributed by atoms with Gasteiger partial charge in [0.2, 0.25) is 17.8 Å². The van der Waals surface area contributed by atoms with E-state index in [1.807, 2.05) is 65.1 Å². The molecular weight excluding hydrogens is 1910 g/mol. The maximum atomic E-state index is 5.40. The van der Waals surface area contributed by atoms with Gasteiger partial charge in [-0.3, -0.25) is 13.7 Å². The molecule has 11 heterocycles. The van der Waals surface area contributed by atoms with E-state index in [9.17, 15) is 0 Å². The van der Waals surface area contributed by atoms with Crippen molar-refractivity contribution in [3.8, 4) is 114 Å². The smallest absolute Gasteiger partial charge is 0.238 e. The topological polar surface area (TPSA) is 136 Å². The number of fused-ring (bicyclic) bond motifs is 27. The number of benzene rings is 20. The second kappa shape index (κ2) is 35.2. The highest BCUT2D eigenvalue weighted by molar-refractivity contribution is 7.27. The summed E-state index contributed by atoms with van der Waals surface area (Å²) in [4.78, 5) is 47.0. The number of nitrogens with zero attached hydrogens (tertiary/aromatic N) is 13. The van der Waals surface area contributed by atoms with Crippen LogP contribution in [-0.4, -0.2) is 63.1 Å². The van der Waals surface area contributed by atoms with E-state index < -0.39 is 0 Å². The third kappa shape index (κ3) is 14.3. The molecule has 0 saturated heterocycles. The first-order valence-electron chi connectivity index (χ1n) is 49.9. The molecule has 13 nitrogen and oxygen atoms in total. The van der Waals surface area contributed by atoms with Crippen molar-refractivity contribution in [3.05, 3.63) is 466 Å². The predicted octanol–water partition coefficient (Wildman–Crippen LogP) is 36.1. The molecule has 20 aromatic carbocycles. The zero-order valence-electron chi connectivity index (χ0n) is 80.2. The minimum Gasteiger partial charge on any atom is -0.309 e. The van der Waals surface area contributed by atoms with Crippen LogP contribution in [-0.2, 0) is 5.41 Å². The van der Waals surface area contributed by atoms with Gasteiger partial charge in [0.05, 0.1) is 44.1 Å². The Labute approximate surface area is 876 Å². The van der Waals surface area contributed by atoms with Crippen molar-refractivity contribution in [2.45, 2.75) is 26.7 Å². The molecule has 31 aromatic rings. The van der Waals surface area contributed by atoms with Crippen LogP contribution in [0.3, 0.4) is 0 Å². The zero-order valence-corrected chi connectivity index (χ0v) is 83.5. The molecule has 0 unspecified atom stereocenters. The molecule has 150 heavy (non-hydrogen) atoms. The molecule has 0 spiro atoms. The third-order valence-corrected chi connectivity index (χ3v) is 34.3. The van der Waals surface area contributed by atoms with E-state index in [0.717, 1.165) is 99.6 Å². The maximum Gasteiger partial charge on any atom is 0.238 e. The predicted molar refractivity (Wildman–Crippen MR) is 631 cm³/mol. The van der Waals surface area contributed by atoms with Crippen molar-refractivity contribution in [2.24, 2.45) is 0 Å². The normalized spacial score (nSPS) is 12.3. The fraction of sp³-hybridized carbons (Fsp3) is 0.0301. The van der Waals surface area contributed by atoms with Gasteiger partial charge in [-0.1, -0.05) is 343 Å². The molecule has 0 radical (unpaired) electrons. The van der Waals surface area contributed by atoms with Crippen LogP contribution in [0.1, 0.15) is 32.4 Å². The van der Waals surface area contributed by atoms with Crippen LogP contribution >= 0.6 is 45.3 Å². The monoisotopic (exact) mass is 1990 g/mol. The first kappa shape index (κ1) is 88.0. The van der Waals surface area contributed by atoms with Gasteiger partial charge in [0.15, 0.2) is 34.9 Å². The minimum atomic E-state index is -0.109. The molecule has 0 fully saturated rings. The summed E-state index contributed by atoms with van der Waals surface area (Å²) < 4.78 is 19.1. The number of hydrogen-bond donors (Lipinski definition) is 0. The molecule has 17 heteroatoms. The number of aromatic nitrogens is 13. The Bertz CT molecular complexity index is 11000. The van der Waals surface area contributed by atoms with Crippen molar-refractivity contribution in [2.75, 3.05) is 0 Å². The van der Waals surface area contributed by atoms with E-state index in [1.165, 1.54) is 141 Å². The zero-order chi connectivity index (χ0) is 98.2. The third-order valence-electron chi connectivity index (χ3n) is 29.7. The van der Waals surface area contributed by atoms with Crippen LogP contribution < -0.4 is 0 Å². The Hall–Kier alpha value is -18.5. The van der Waals surface area contributed by atoms with Crippen LogP contribution in [0.5, 0.6) is 0 Å². The van der Waals surface area contributed by atoms with Crippen LogP contribution in [0.25, 0.3) is 282 Å². The van der Waals surface area contributed by atoms with Gasteiger partial charge in [0, 0.05) is 168 Å². The van der Waals surface area contributed by atoms with Crippen LogP contribution in [0.4, 0.5) is 0 Å². The second-order valence-corrected chi connectivity index (χ2v) is 42.9. The molecule has 1 aliphatic carbocycles. The molecule has 0 atom stereocenters. The Morgan fingerprint density at radius 1 is 0.173 bits per heavy atom. The lowest BCUT2D eigenvalue weighted by Crippen LogP contribution is -2.14. The first-order chi connectivity index (χ1) is 73.6. The highest BCUT2D eigenvalue weighted by Gasteiger charge is 2.37. The van der Waals surface area contributed by atoms with Crippen molar-refractivity contribution in [3.63, 3.8) is 0 Å². The van der Waals surface area contributed by atoms with Crippen LogP contribution in [0, 0.1) is 0 Å². The molecule has 0 N–H and O–H groups in total. The fourth-order valence-electron chi connectivity index (χ4n) is 22.8. The van der Waals surface area contributed by atoms with Crippen molar-refractivity contribution < 1.29 is 0 Å². The molecule has 11 aromatic heterocycles. The van der Waals surface area contributed by atoms with Crippen LogP contribution in [0.15, 0.2) is 455 Å². The van der Waals surface area contributed by atoms with Gasteiger partial charge < -0.3 is 4.57 Å². The van der Waals surface area contributed by atoms with Gasteiger partial charge in [0.25, 0.3) is 0 Å². The summed E-state index contributed by atoms with van der Waals surface area (Å²) in [5.74, 6) is 5.68. The summed E-state index contributed by atoms with van der Waals surface area (Å²) in [6.07, 6.45) is 0. The van der Waals surface area contributed by atoms with E-state index in [4.69, 9.17) is 44.9 Å². The number of para-hydroxylation sites is 5. The van der Waals surface area contributed by atoms with Gasteiger partial charge >= 0.3 is 0 Å². The summed E-state index contributed by atoms with van der Waals surface area (Å²) in [6, 6.07) is 161. The Morgan fingerprint density at radius 3 is 1.07 bits per heavy atom. The average Bonchev–Trinajstić information content (AvgIpc) is 1.55. The van der Waals surface area contributed by atoms with Crippen molar-refractivity contribution in [1.29, 1.82) is 0 Å². The molecule has 706 valence electrons. The van der Waals surface area contributed by atoms with E-state index in [0.29, 0.717) is 52.8 Å². The Morgan fingerprint density at radius 2 is 0.507 bits per heavy atom. The fourth-order valence-corrected chi connectivity index (χ4v) is 27.3. The van der Waals surface area contributed by atoms with E-state index in [2.05, 4.69) is 445 Å². The largest absolute Gasteiger partial charge is 0.309 e. The van der Waals surface area contributed by atoms with E-state index >= 15 is 0 Å². The quantitative estimate of drug-likeness (QED) is 0.124.